The summed E-state index contributed by atoms with van der Waals surface area (Å²) < 4.78 is 7.51. The number of benzene rings is 2. The number of nitrogens with one attached hydrogen (secondary N) is 1. The Kier molecular flexibility index (Phi) is 5.70. The van der Waals surface area contributed by atoms with E-state index in [-0.39, 0.29) is 0 Å². The summed E-state index contributed by atoms with van der Waals surface area (Å²) in [7, 11) is 1.69. The number of aryl methyl sites for hydroxylation is 3. The van der Waals surface area contributed by atoms with Gasteiger partial charge in [0.1, 0.15) is 11.6 Å². The SMILES string of the molecule is COc1ccccc1-c1c(C)nn2c(N[C@@H](C)CCc3ccccc3)cc(C)nc12. The van der Waals surface area contributed by atoms with Gasteiger partial charge in [-0.1, -0.05) is 48.5 Å². The Labute approximate surface area is 177 Å². The highest BCUT2D eigenvalue weighted by Crippen LogP contribution is 2.35. The first-order chi connectivity index (χ1) is 14.6. The van der Waals surface area contributed by atoms with E-state index in [4.69, 9.17) is 14.8 Å². The van der Waals surface area contributed by atoms with Crippen LogP contribution in [0.4, 0.5) is 5.82 Å². The van der Waals surface area contributed by atoms with Gasteiger partial charge in [0.05, 0.1) is 18.4 Å². The molecule has 0 bridgehead atoms. The van der Waals surface area contributed by atoms with Crippen molar-refractivity contribution in [2.45, 2.75) is 39.7 Å². The maximum atomic E-state index is 5.59. The van der Waals surface area contributed by atoms with Crippen LogP contribution in [0.3, 0.4) is 0 Å². The second kappa shape index (κ2) is 8.57. The fourth-order valence-corrected chi connectivity index (χ4v) is 3.87. The van der Waals surface area contributed by atoms with Gasteiger partial charge in [0.25, 0.3) is 0 Å². The van der Waals surface area contributed by atoms with Crippen molar-refractivity contribution in [1.82, 2.24) is 14.6 Å². The second-order valence-corrected chi connectivity index (χ2v) is 7.75. The van der Waals surface area contributed by atoms with Gasteiger partial charge in [-0.15, -0.1) is 0 Å². The summed E-state index contributed by atoms with van der Waals surface area (Å²) >= 11 is 0. The molecular formula is C25H28N4O. The summed E-state index contributed by atoms with van der Waals surface area (Å²) in [5.74, 6) is 1.78. The average molecular weight is 401 g/mol. The lowest BCUT2D eigenvalue weighted by Crippen LogP contribution is -2.18. The van der Waals surface area contributed by atoms with E-state index in [1.807, 2.05) is 36.6 Å². The fraction of sp³-hybridized carbons (Fsp3) is 0.280. The molecule has 4 aromatic rings. The minimum atomic E-state index is 0.300. The molecule has 0 fully saturated rings. The van der Waals surface area contributed by atoms with E-state index >= 15 is 0 Å². The molecule has 0 amide bonds. The Hall–Kier alpha value is -3.34. The minimum absolute atomic E-state index is 0.300. The smallest absolute Gasteiger partial charge is 0.165 e. The highest BCUT2D eigenvalue weighted by molar-refractivity contribution is 5.84. The zero-order chi connectivity index (χ0) is 21.1. The van der Waals surface area contributed by atoms with Crippen molar-refractivity contribution >= 4 is 11.5 Å². The van der Waals surface area contributed by atoms with E-state index in [2.05, 4.69) is 54.7 Å². The topological polar surface area (TPSA) is 51.5 Å². The summed E-state index contributed by atoms with van der Waals surface area (Å²) in [6, 6.07) is 21.0. The summed E-state index contributed by atoms with van der Waals surface area (Å²) in [6.07, 6.45) is 2.07. The zero-order valence-corrected chi connectivity index (χ0v) is 18.0. The van der Waals surface area contributed by atoms with Gasteiger partial charge in [-0.2, -0.15) is 9.61 Å². The highest BCUT2D eigenvalue weighted by Gasteiger charge is 2.19. The molecule has 0 saturated heterocycles. The zero-order valence-electron chi connectivity index (χ0n) is 18.0. The normalized spacial score (nSPS) is 12.1. The fourth-order valence-electron chi connectivity index (χ4n) is 3.87. The predicted molar refractivity (Wildman–Crippen MR) is 122 cm³/mol. The molecule has 0 aliphatic heterocycles. The van der Waals surface area contributed by atoms with Crippen LogP contribution in [-0.4, -0.2) is 27.7 Å². The van der Waals surface area contributed by atoms with Crippen molar-refractivity contribution in [2.24, 2.45) is 0 Å². The molecule has 4 rings (SSSR count). The van der Waals surface area contributed by atoms with E-state index in [0.717, 1.165) is 52.6 Å². The standard InChI is InChI=1S/C25H28N4O/c1-17(14-15-20-10-6-5-7-11-20)26-23-16-18(2)27-25-24(19(3)28-29(23)25)21-12-8-9-13-22(21)30-4/h5-13,16-17,26H,14-15H2,1-4H3/t17-/m0/s1. The van der Waals surface area contributed by atoms with Gasteiger partial charge in [0.15, 0.2) is 5.65 Å². The van der Waals surface area contributed by atoms with Crippen LogP contribution in [0.1, 0.15) is 30.3 Å². The number of methoxy groups -OCH3 is 1. The summed E-state index contributed by atoms with van der Waals surface area (Å²) in [4.78, 5) is 4.81. The molecule has 0 saturated carbocycles. The van der Waals surface area contributed by atoms with Crippen molar-refractivity contribution in [3.8, 4) is 16.9 Å². The lowest BCUT2D eigenvalue weighted by molar-refractivity contribution is 0.416. The van der Waals surface area contributed by atoms with Gasteiger partial charge in [-0.3, -0.25) is 0 Å². The molecule has 0 spiro atoms. The van der Waals surface area contributed by atoms with Crippen LogP contribution in [0.2, 0.25) is 0 Å². The first-order valence-electron chi connectivity index (χ1n) is 10.4. The third kappa shape index (κ3) is 4.01. The number of ether oxygens (including phenoxy) is 1. The monoisotopic (exact) mass is 400 g/mol. The molecule has 2 heterocycles. The van der Waals surface area contributed by atoms with E-state index in [0.29, 0.717) is 6.04 Å². The van der Waals surface area contributed by atoms with E-state index < -0.39 is 0 Å². The van der Waals surface area contributed by atoms with E-state index in [1.165, 1.54) is 5.56 Å². The van der Waals surface area contributed by atoms with Crippen molar-refractivity contribution in [2.75, 3.05) is 12.4 Å². The second-order valence-electron chi connectivity index (χ2n) is 7.75. The van der Waals surface area contributed by atoms with Crippen LogP contribution in [0, 0.1) is 13.8 Å². The van der Waals surface area contributed by atoms with Gasteiger partial charge in [-0.25, -0.2) is 4.98 Å². The number of nitrogens with zero attached hydrogens (tertiary/aromatic N) is 3. The molecular weight excluding hydrogens is 372 g/mol. The number of rotatable bonds is 7. The molecule has 0 aliphatic carbocycles. The third-order valence-electron chi connectivity index (χ3n) is 5.37. The largest absolute Gasteiger partial charge is 0.496 e. The molecule has 0 radical (unpaired) electrons. The quantitative estimate of drug-likeness (QED) is 0.448. The van der Waals surface area contributed by atoms with E-state index in [9.17, 15) is 0 Å². The summed E-state index contributed by atoms with van der Waals surface area (Å²) in [5, 5.41) is 8.46. The lowest BCUT2D eigenvalue weighted by Gasteiger charge is -2.16. The third-order valence-corrected chi connectivity index (χ3v) is 5.37. The Morgan fingerprint density at radius 3 is 2.53 bits per heavy atom. The Morgan fingerprint density at radius 2 is 1.77 bits per heavy atom. The number of hydrogen-bond acceptors (Lipinski definition) is 4. The number of anilines is 1. The molecule has 1 N–H and O–H groups in total. The van der Waals surface area contributed by atoms with Crippen LogP contribution >= 0.6 is 0 Å². The molecule has 2 aromatic heterocycles. The molecule has 5 nitrogen and oxygen atoms in total. The predicted octanol–water partition coefficient (Wildman–Crippen LogP) is 5.45. The molecule has 1 atom stereocenters. The molecule has 2 aromatic carbocycles. The van der Waals surface area contributed by atoms with Crippen LogP contribution in [0.25, 0.3) is 16.8 Å². The van der Waals surface area contributed by atoms with Crippen LogP contribution in [-0.2, 0) is 6.42 Å². The van der Waals surface area contributed by atoms with Crippen LogP contribution in [0.15, 0.2) is 60.7 Å². The van der Waals surface area contributed by atoms with Gasteiger partial charge >= 0.3 is 0 Å². The number of aromatic nitrogens is 3. The number of para-hydroxylation sites is 1. The van der Waals surface area contributed by atoms with Crippen molar-refractivity contribution in [3.63, 3.8) is 0 Å². The van der Waals surface area contributed by atoms with Crippen molar-refractivity contribution in [3.05, 3.63) is 77.6 Å². The Morgan fingerprint density at radius 1 is 1.03 bits per heavy atom. The highest BCUT2D eigenvalue weighted by atomic mass is 16.5. The minimum Gasteiger partial charge on any atom is -0.496 e. The van der Waals surface area contributed by atoms with E-state index in [1.54, 1.807) is 7.11 Å². The first-order valence-corrected chi connectivity index (χ1v) is 10.4. The van der Waals surface area contributed by atoms with Gasteiger partial charge < -0.3 is 10.1 Å². The Bertz CT molecular complexity index is 1150. The molecule has 30 heavy (non-hydrogen) atoms. The number of hydrogen-bond donors (Lipinski definition) is 1. The van der Waals surface area contributed by atoms with Crippen molar-refractivity contribution < 1.29 is 4.74 Å². The lowest BCUT2D eigenvalue weighted by atomic mass is 10.0. The van der Waals surface area contributed by atoms with Crippen molar-refractivity contribution in [1.29, 1.82) is 0 Å². The first kappa shape index (κ1) is 20.0. The van der Waals surface area contributed by atoms with Gasteiger partial charge in [-0.05, 0) is 45.2 Å². The molecule has 154 valence electrons. The summed E-state index contributed by atoms with van der Waals surface area (Å²) in [5.41, 5.74) is 6.10. The Balaban J connectivity index is 1.66. The average Bonchev–Trinajstić information content (AvgIpc) is 3.08. The molecule has 5 heteroatoms. The molecule has 0 unspecified atom stereocenters. The maximum absolute atomic E-state index is 5.59. The number of fused-ring (bicyclic) bond motifs is 1. The molecule has 0 aliphatic rings. The van der Waals surface area contributed by atoms with Gasteiger partial charge in [0, 0.05) is 23.4 Å². The van der Waals surface area contributed by atoms with Gasteiger partial charge in [0.2, 0.25) is 0 Å². The van der Waals surface area contributed by atoms with Crippen LogP contribution < -0.4 is 10.1 Å². The maximum Gasteiger partial charge on any atom is 0.165 e. The summed E-state index contributed by atoms with van der Waals surface area (Å²) in [6.45, 7) is 6.25. The van der Waals surface area contributed by atoms with Crippen LogP contribution in [0.5, 0.6) is 5.75 Å².